The van der Waals surface area contributed by atoms with Gasteiger partial charge in [0.25, 0.3) is 0 Å². The quantitative estimate of drug-likeness (QED) is 0.788. The van der Waals surface area contributed by atoms with Gasteiger partial charge in [0.15, 0.2) is 5.78 Å². The first-order valence-corrected chi connectivity index (χ1v) is 6.86. The molecule has 0 spiro atoms. The van der Waals surface area contributed by atoms with Gasteiger partial charge in [0.05, 0.1) is 13.1 Å². The Hall–Kier alpha value is -1.39. The molecule has 2 aromatic rings. The Bertz CT molecular complexity index is 560. The molecular formula is C15H16BrNO2. The number of aryl methyl sites for hydroxylation is 1. The Balaban J connectivity index is 1.93. The van der Waals surface area contributed by atoms with E-state index in [0.29, 0.717) is 13.1 Å². The van der Waals surface area contributed by atoms with Gasteiger partial charge < -0.3 is 4.42 Å². The van der Waals surface area contributed by atoms with Crippen LogP contribution in [0.2, 0.25) is 0 Å². The highest BCUT2D eigenvalue weighted by Crippen LogP contribution is 2.12. The molecule has 0 aliphatic rings. The number of ketones is 1. The number of nitrogens with zero attached hydrogens (tertiary/aromatic N) is 1. The molecule has 1 aromatic carbocycles. The van der Waals surface area contributed by atoms with Crippen molar-refractivity contribution in [1.29, 1.82) is 0 Å². The Morgan fingerprint density at radius 1 is 1.21 bits per heavy atom. The third kappa shape index (κ3) is 4.04. The standard InChI is InChI=1S/C15H16BrNO2/c1-11-3-8-14(19-11)9-17(2)10-15(18)12-4-6-13(16)7-5-12/h3-8H,9-10H2,1-2H3. The van der Waals surface area contributed by atoms with Gasteiger partial charge in [0.1, 0.15) is 11.5 Å². The highest BCUT2D eigenvalue weighted by Gasteiger charge is 2.11. The van der Waals surface area contributed by atoms with Crippen LogP contribution in [0.5, 0.6) is 0 Å². The Labute approximate surface area is 121 Å². The average Bonchev–Trinajstić information content (AvgIpc) is 2.75. The highest BCUT2D eigenvalue weighted by molar-refractivity contribution is 9.10. The summed E-state index contributed by atoms with van der Waals surface area (Å²) in [4.78, 5) is 14.0. The maximum absolute atomic E-state index is 12.1. The summed E-state index contributed by atoms with van der Waals surface area (Å²) in [6, 6.07) is 11.3. The first-order chi connectivity index (χ1) is 9.04. The van der Waals surface area contributed by atoms with Crippen molar-refractivity contribution in [2.24, 2.45) is 0 Å². The second-order valence-electron chi connectivity index (χ2n) is 4.61. The molecule has 0 amide bonds. The Morgan fingerprint density at radius 3 is 2.47 bits per heavy atom. The molecular weight excluding hydrogens is 306 g/mol. The van der Waals surface area contributed by atoms with Crippen LogP contribution in [-0.2, 0) is 6.54 Å². The maximum atomic E-state index is 12.1. The summed E-state index contributed by atoms with van der Waals surface area (Å²) in [7, 11) is 1.91. The van der Waals surface area contributed by atoms with Crippen molar-refractivity contribution in [1.82, 2.24) is 4.90 Å². The lowest BCUT2D eigenvalue weighted by Gasteiger charge is -2.14. The zero-order valence-electron chi connectivity index (χ0n) is 11.0. The second kappa shape index (κ2) is 6.17. The molecule has 2 rings (SSSR count). The van der Waals surface area contributed by atoms with E-state index in [9.17, 15) is 4.79 Å². The average molecular weight is 322 g/mol. The van der Waals surface area contributed by atoms with E-state index < -0.39 is 0 Å². The van der Waals surface area contributed by atoms with Gasteiger partial charge in [-0.2, -0.15) is 0 Å². The summed E-state index contributed by atoms with van der Waals surface area (Å²) in [6.07, 6.45) is 0. The molecule has 1 aromatic heterocycles. The lowest BCUT2D eigenvalue weighted by Crippen LogP contribution is -2.25. The van der Waals surface area contributed by atoms with Crippen LogP contribution in [0.15, 0.2) is 45.3 Å². The molecule has 0 aliphatic heterocycles. The summed E-state index contributed by atoms with van der Waals surface area (Å²) in [6.45, 7) is 2.92. The molecule has 0 N–H and O–H groups in total. The number of rotatable bonds is 5. The van der Waals surface area contributed by atoms with Crippen LogP contribution in [0.3, 0.4) is 0 Å². The predicted molar refractivity (Wildman–Crippen MR) is 78.3 cm³/mol. The lowest BCUT2D eigenvalue weighted by atomic mass is 10.1. The number of benzene rings is 1. The monoisotopic (exact) mass is 321 g/mol. The van der Waals surface area contributed by atoms with Crippen LogP contribution in [0, 0.1) is 6.92 Å². The normalized spacial score (nSPS) is 10.9. The summed E-state index contributed by atoms with van der Waals surface area (Å²) >= 11 is 3.36. The van der Waals surface area contributed by atoms with E-state index in [2.05, 4.69) is 15.9 Å². The van der Waals surface area contributed by atoms with Gasteiger partial charge in [-0.1, -0.05) is 28.1 Å². The summed E-state index contributed by atoms with van der Waals surface area (Å²) in [5.41, 5.74) is 0.727. The number of likely N-dealkylation sites (N-methyl/N-ethyl adjacent to an activating group) is 1. The van der Waals surface area contributed by atoms with E-state index in [-0.39, 0.29) is 5.78 Å². The minimum Gasteiger partial charge on any atom is -0.465 e. The zero-order chi connectivity index (χ0) is 13.8. The molecule has 0 bridgehead atoms. The van der Waals surface area contributed by atoms with Crippen LogP contribution < -0.4 is 0 Å². The van der Waals surface area contributed by atoms with Crippen LogP contribution in [-0.4, -0.2) is 24.3 Å². The third-order valence-electron chi connectivity index (χ3n) is 2.80. The molecule has 0 saturated heterocycles. The highest BCUT2D eigenvalue weighted by atomic mass is 79.9. The fourth-order valence-corrected chi connectivity index (χ4v) is 2.13. The molecule has 1 heterocycles. The first kappa shape index (κ1) is 14.0. The molecule has 0 unspecified atom stereocenters. The van der Waals surface area contributed by atoms with Gasteiger partial charge in [0.2, 0.25) is 0 Å². The number of hydrogen-bond donors (Lipinski definition) is 0. The minimum absolute atomic E-state index is 0.110. The van der Waals surface area contributed by atoms with E-state index in [4.69, 9.17) is 4.42 Å². The predicted octanol–water partition coefficient (Wildman–Crippen LogP) is 3.67. The van der Waals surface area contributed by atoms with Crippen LogP contribution >= 0.6 is 15.9 Å². The molecule has 3 nitrogen and oxygen atoms in total. The summed E-state index contributed by atoms with van der Waals surface area (Å²) < 4.78 is 6.47. The topological polar surface area (TPSA) is 33.5 Å². The van der Waals surface area contributed by atoms with E-state index >= 15 is 0 Å². The zero-order valence-corrected chi connectivity index (χ0v) is 12.6. The van der Waals surface area contributed by atoms with Crippen molar-refractivity contribution in [2.75, 3.05) is 13.6 Å². The minimum atomic E-state index is 0.110. The molecule has 0 radical (unpaired) electrons. The van der Waals surface area contributed by atoms with Gasteiger partial charge in [-0.15, -0.1) is 0 Å². The number of furan rings is 1. The van der Waals surface area contributed by atoms with Crippen molar-refractivity contribution in [3.8, 4) is 0 Å². The molecule has 100 valence electrons. The number of hydrogen-bond acceptors (Lipinski definition) is 3. The molecule has 19 heavy (non-hydrogen) atoms. The van der Waals surface area contributed by atoms with E-state index in [1.807, 2.05) is 55.3 Å². The van der Waals surface area contributed by atoms with Gasteiger partial charge >= 0.3 is 0 Å². The first-order valence-electron chi connectivity index (χ1n) is 6.07. The smallest absolute Gasteiger partial charge is 0.176 e. The SMILES string of the molecule is Cc1ccc(CN(C)CC(=O)c2ccc(Br)cc2)o1. The molecule has 0 atom stereocenters. The molecule has 0 aliphatic carbocycles. The Kier molecular flexibility index (Phi) is 4.56. The number of carbonyl (C=O) groups excluding carboxylic acids is 1. The fourth-order valence-electron chi connectivity index (χ4n) is 1.86. The van der Waals surface area contributed by atoms with Crippen molar-refractivity contribution in [2.45, 2.75) is 13.5 Å². The third-order valence-corrected chi connectivity index (χ3v) is 3.33. The van der Waals surface area contributed by atoms with Crippen molar-refractivity contribution in [3.05, 3.63) is 58.0 Å². The largest absolute Gasteiger partial charge is 0.465 e. The van der Waals surface area contributed by atoms with Crippen molar-refractivity contribution in [3.63, 3.8) is 0 Å². The van der Waals surface area contributed by atoms with Crippen molar-refractivity contribution < 1.29 is 9.21 Å². The number of Topliss-reactive ketones (excluding diaryl/α,β-unsaturated/α-hetero) is 1. The van der Waals surface area contributed by atoms with E-state index in [1.54, 1.807) is 0 Å². The van der Waals surface area contributed by atoms with Crippen LogP contribution in [0.1, 0.15) is 21.9 Å². The molecule has 0 saturated carbocycles. The lowest BCUT2D eigenvalue weighted by molar-refractivity contribution is 0.0939. The molecule has 0 fully saturated rings. The number of carbonyl (C=O) groups is 1. The molecule has 4 heteroatoms. The van der Waals surface area contributed by atoms with Gasteiger partial charge in [0, 0.05) is 10.0 Å². The number of halogens is 1. The maximum Gasteiger partial charge on any atom is 0.176 e. The van der Waals surface area contributed by atoms with E-state index in [0.717, 1.165) is 21.6 Å². The van der Waals surface area contributed by atoms with Gasteiger partial charge in [-0.3, -0.25) is 9.69 Å². The van der Waals surface area contributed by atoms with Gasteiger partial charge in [-0.05, 0) is 38.2 Å². The fraction of sp³-hybridized carbons (Fsp3) is 0.267. The van der Waals surface area contributed by atoms with Crippen molar-refractivity contribution >= 4 is 21.7 Å². The summed E-state index contributed by atoms with van der Waals surface area (Å²) in [5.74, 6) is 1.88. The van der Waals surface area contributed by atoms with Crippen LogP contribution in [0.4, 0.5) is 0 Å². The second-order valence-corrected chi connectivity index (χ2v) is 5.53. The van der Waals surface area contributed by atoms with Crippen LogP contribution in [0.25, 0.3) is 0 Å². The summed E-state index contributed by atoms with van der Waals surface area (Å²) in [5, 5.41) is 0. The van der Waals surface area contributed by atoms with Gasteiger partial charge in [-0.25, -0.2) is 0 Å². The Morgan fingerprint density at radius 2 is 1.89 bits per heavy atom. The van der Waals surface area contributed by atoms with E-state index in [1.165, 1.54) is 0 Å².